The number of anilines is 1. The molecule has 4 heteroatoms. The summed E-state index contributed by atoms with van der Waals surface area (Å²) in [7, 11) is 1.72. The average Bonchev–Trinajstić information content (AvgIpc) is 3.00. The van der Waals surface area contributed by atoms with Gasteiger partial charge in [-0.1, -0.05) is 20.8 Å². The van der Waals surface area contributed by atoms with E-state index in [-0.39, 0.29) is 5.41 Å². The van der Waals surface area contributed by atoms with Crippen LogP contribution in [0.4, 0.5) is 5.82 Å². The molecule has 1 aromatic heterocycles. The molecule has 1 aromatic rings. The maximum atomic E-state index is 5.27. The van der Waals surface area contributed by atoms with E-state index < -0.39 is 0 Å². The molecule has 2 aliphatic rings. The molecule has 0 spiro atoms. The topological polar surface area (TPSA) is 38.2 Å². The fourth-order valence-electron chi connectivity index (χ4n) is 3.39. The number of nitrogens with zero attached hydrogens (tertiary/aromatic N) is 3. The molecular weight excluding hydrogens is 250 g/mol. The molecule has 0 N–H and O–H groups in total. The second-order valence-electron chi connectivity index (χ2n) is 7.21. The van der Waals surface area contributed by atoms with Gasteiger partial charge in [-0.3, -0.25) is 0 Å². The van der Waals surface area contributed by atoms with Crippen molar-refractivity contribution in [3.63, 3.8) is 0 Å². The Balaban J connectivity index is 1.95. The second-order valence-corrected chi connectivity index (χ2v) is 7.21. The minimum absolute atomic E-state index is 0.0305. The summed E-state index contributed by atoms with van der Waals surface area (Å²) in [5.74, 6) is 2.90. The van der Waals surface area contributed by atoms with Crippen molar-refractivity contribution in [3.8, 4) is 0 Å². The van der Waals surface area contributed by atoms with E-state index in [2.05, 4.69) is 36.7 Å². The molecule has 2 bridgehead atoms. The van der Waals surface area contributed by atoms with E-state index in [9.17, 15) is 0 Å². The Morgan fingerprint density at radius 1 is 1.30 bits per heavy atom. The van der Waals surface area contributed by atoms with Gasteiger partial charge in [0.25, 0.3) is 0 Å². The molecule has 1 saturated carbocycles. The maximum Gasteiger partial charge on any atom is 0.136 e. The van der Waals surface area contributed by atoms with Crippen LogP contribution < -0.4 is 4.90 Å². The molecule has 110 valence electrons. The van der Waals surface area contributed by atoms with Crippen molar-refractivity contribution in [1.29, 1.82) is 0 Å². The Hall–Kier alpha value is -1.16. The lowest BCUT2D eigenvalue weighted by molar-refractivity contribution is 0.181. The summed E-state index contributed by atoms with van der Waals surface area (Å²) in [5.41, 5.74) is 0.960. The Kier molecular flexibility index (Phi) is 3.44. The van der Waals surface area contributed by atoms with Gasteiger partial charge in [0.05, 0.1) is 12.3 Å². The number of aromatic nitrogens is 2. The third-order valence-corrected chi connectivity index (χ3v) is 4.43. The standard InChI is InChI=1S/C16H25N3O/c1-16(2,3)15-17-12(10-20-4)8-14(18-15)19-9-11-5-6-13(19)7-11/h8,11,13H,5-7,9-10H2,1-4H3. The predicted octanol–water partition coefficient (Wildman–Crippen LogP) is 2.91. The quantitative estimate of drug-likeness (QED) is 0.850. The minimum atomic E-state index is -0.0305. The number of ether oxygens (including phenoxy) is 1. The highest BCUT2D eigenvalue weighted by atomic mass is 16.5. The van der Waals surface area contributed by atoms with Gasteiger partial charge in [-0.2, -0.15) is 0 Å². The number of hydrogen-bond acceptors (Lipinski definition) is 4. The zero-order chi connectivity index (χ0) is 14.3. The molecule has 2 heterocycles. The SMILES string of the molecule is COCc1cc(N2CC3CCC2C3)nc(C(C)(C)C)n1. The zero-order valence-corrected chi connectivity index (χ0v) is 13.0. The molecular formula is C16H25N3O. The fourth-order valence-corrected chi connectivity index (χ4v) is 3.39. The fraction of sp³-hybridized carbons (Fsp3) is 0.750. The highest BCUT2D eigenvalue weighted by molar-refractivity contribution is 5.44. The first-order valence-corrected chi connectivity index (χ1v) is 7.61. The smallest absolute Gasteiger partial charge is 0.136 e. The molecule has 2 atom stereocenters. The molecule has 1 aliphatic heterocycles. The minimum Gasteiger partial charge on any atom is -0.378 e. The molecule has 4 nitrogen and oxygen atoms in total. The highest BCUT2D eigenvalue weighted by Gasteiger charge is 2.38. The lowest BCUT2D eigenvalue weighted by Gasteiger charge is -2.29. The summed E-state index contributed by atoms with van der Waals surface area (Å²) in [6.45, 7) is 8.22. The first-order valence-electron chi connectivity index (χ1n) is 7.61. The first-order chi connectivity index (χ1) is 9.47. The largest absolute Gasteiger partial charge is 0.378 e. The number of rotatable bonds is 3. The van der Waals surface area contributed by atoms with Crippen molar-refractivity contribution in [1.82, 2.24) is 9.97 Å². The van der Waals surface area contributed by atoms with E-state index in [0.29, 0.717) is 12.6 Å². The monoisotopic (exact) mass is 275 g/mol. The van der Waals surface area contributed by atoms with Crippen molar-refractivity contribution in [2.24, 2.45) is 5.92 Å². The van der Waals surface area contributed by atoms with Crippen LogP contribution >= 0.6 is 0 Å². The Morgan fingerprint density at radius 3 is 2.65 bits per heavy atom. The molecule has 20 heavy (non-hydrogen) atoms. The van der Waals surface area contributed by atoms with Gasteiger partial charge in [-0.05, 0) is 25.2 Å². The van der Waals surface area contributed by atoms with Crippen LogP contribution in [0.15, 0.2) is 6.07 Å². The number of methoxy groups -OCH3 is 1. The Bertz CT molecular complexity index is 495. The van der Waals surface area contributed by atoms with Gasteiger partial charge in [-0.25, -0.2) is 9.97 Å². The molecule has 1 aliphatic carbocycles. The second kappa shape index (κ2) is 4.99. The van der Waals surface area contributed by atoms with Crippen LogP contribution in [0, 0.1) is 5.92 Å². The van der Waals surface area contributed by atoms with Crippen molar-refractivity contribution >= 4 is 5.82 Å². The summed E-state index contributed by atoms with van der Waals surface area (Å²) in [5, 5.41) is 0. The van der Waals surface area contributed by atoms with E-state index in [1.165, 1.54) is 19.3 Å². The Morgan fingerprint density at radius 2 is 2.10 bits per heavy atom. The van der Waals surface area contributed by atoms with Gasteiger partial charge in [0.1, 0.15) is 11.6 Å². The molecule has 0 radical (unpaired) electrons. The van der Waals surface area contributed by atoms with Crippen molar-refractivity contribution < 1.29 is 4.74 Å². The molecule has 2 unspecified atom stereocenters. The summed E-state index contributed by atoms with van der Waals surface area (Å²) in [6.07, 6.45) is 4.05. The van der Waals surface area contributed by atoms with Crippen molar-refractivity contribution in [2.75, 3.05) is 18.6 Å². The van der Waals surface area contributed by atoms with E-state index >= 15 is 0 Å². The van der Waals surface area contributed by atoms with E-state index in [4.69, 9.17) is 9.72 Å². The van der Waals surface area contributed by atoms with E-state index in [0.717, 1.165) is 29.8 Å². The average molecular weight is 275 g/mol. The van der Waals surface area contributed by atoms with Gasteiger partial charge in [0.15, 0.2) is 0 Å². The summed E-state index contributed by atoms with van der Waals surface area (Å²) in [4.78, 5) is 12.0. The number of hydrogen-bond donors (Lipinski definition) is 0. The van der Waals surface area contributed by atoms with Gasteiger partial charge in [0.2, 0.25) is 0 Å². The lowest BCUT2D eigenvalue weighted by Crippen LogP contribution is -2.33. The van der Waals surface area contributed by atoms with Crippen LogP contribution in [0.2, 0.25) is 0 Å². The molecule has 0 amide bonds. The number of piperidine rings is 1. The van der Waals surface area contributed by atoms with E-state index in [1.54, 1.807) is 7.11 Å². The first kappa shape index (κ1) is 13.8. The highest BCUT2D eigenvalue weighted by Crippen LogP contribution is 2.40. The predicted molar refractivity (Wildman–Crippen MR) is 79.9 cm³/mol. The summed E-state index contributed by atoms with van der Waals surface area (Å²) >= 11 is 0. The van der Waals surface area contributed by atoms with E-state index in [1.807, 2.05) is 0 Å². The van der Waals surface area contributed by atoms with Crippen molar-refractivity contribution in [2.45, 2.75) is 58.1 Å². The van der Waals surface area contributed by atoms with Gasteiger partial charge >= 0.3 is 0 Å². The molecule has 3 rings (SSSR count). The lowest BCUT2D eigenvalue weighted by atomic mass is 9.95. The molecule has 2 fully saturated rings. The Labute approximate surface area is 121 Å². The normalized spacial score (nSPS) is 25.5. The van der Waals surface area contributed by atoms with Gasteiger partial charge in [-0.15, -0.1) is 0 Å². The van der Waals surface area contributed by atoms with Crippen LogP contribution in [0.25, 0.3) is 0 Å². The number of fused-ring (bicyclic) bond motifs is 2. The van der Waals surface area contributed by atoms with Gasteiger partial charge in [0, 0.05) is 31.2 Å². The molecule has 1 saturated heterocycles. The third kappa shape index (κ3) is 2.53. The van der Waals surface area contributed by atoms with Crippen LogP contribution in [0.5, 0.6) is 0 Å². The van der Waals surface area contributed by atoms with Crippen LogP contribution in [0.3, 0.4) is 0 Å². The third-order valence-electron chi connectivity index (χ3n) is 4.43. The van der Waals surface area contributed by atoms with Crippen LogP contribution in [0.1, 0.15) is 51.6 Å². The van der Waals surface area contributed by atoms with Gasteiger partial charge < -0.3 is 9.64 Å². The van der Waals surface area contributed by atoms with Crippen LogP contribution in [-0.4, -0.2) is 29.7 Å². The van der Waals surface area contributed by atoms with Crippen LogP contribution in [-0.2, 0) is 16.8 Å². The summed E-state index contributed by atoms with van der Waals surface area (Å²) < 4.78 is 5.27. The zero-order valence-electron chi connectivity index (χ0n) is 13.0. The maximum absolute atomic E-state index is 5.27. The molecule has 0 aromatic carbocycles. The summed E-state index contributed by atoms with van der Waals surface area (Å²) in [6, 6.07) is 2.80. The van der Waals surface area contributed by atoms with Crippen molar-refractivity contribution in [3.05, 3.63) is 17.6 Å².